The molecule has 0 radical (unpaired) electrons. The van der Waals surface area contributed by atoms with E-state index in [1.807, 2.05) is 18.2 Å². The molecule has 1 aromatic carbocycles. The van der Waals surface area contributed by atoms with E-state index in [4.69, 9.17) is 0 Å². The highest BCUT2D eigenvalue weighted by atomic mass is 32.2. The number of anilines is 1. The highest BCUT2D eigenvalue weighted by Gasteiger charge is 2.31. The number of carbonyl (C=O) groups is 1. The van der Waals surface area contributed by atoms with E-state index in [0.29, 0.717) is 12.5 Å². The molecule has 2 unspecified atom stereocenters. The van der Waals surface area contributed by atoms with Gasteiger partial charge in [0.15, 0.2) is 9.84 Å². The van der Waals surface area contributed by atoms with Crippen LogP contribution in [0.25, 0.3) is 0 Å². The molecule has 0 saturated carbocycles. The Morgan fingerprint density at radius 3 is 2.86 bits per heavy atom. The number of amides is 1. The van der Waals surface area contributed by atoms with Gasteiger partial charge in [-0.05, 0) is 31.4 Å². The van der Waals surface area contributed by atoms with Gasteiger partial charge in [0.25, 0.3) is 0 Å². The summed E-state index contributed by atoms with van der Waals surface area (Å²) in [6.45, 7) is 2.39. The van der Waals surface area contributed by atoms with Crippen molar-refractivity contribution < 1.29 is 13.2 Å². The lowest BCUT2D eigenvalue weighted by atomic mass is 10.1. The Balaban J connectivity index is 1.63. The molecule has 3 rings (SSSR count). The lowest BCUT2D eigenvalue weighted by molar-refractivity contribution is -0.120. The zero-order chi connectivity index (χ0) is 15.0. The third-order valence-corrected chi connectivity index (χ3v) is 6.03. The second-order valence-corrected chi connectivity index (χ2v) is 8.21. The van der Waals surface area contributed by atoms with Crippen molar-refractivity contribution in [1.29, 1.82) is 0 Å². The third-order valence-electron chi connectivity index (χ3n) is 4.26. The van der Waals surface area contributed by atoms with Crippen LogP contribution in [0.5, 0.6) is 0 Å². The van der Waals surface area contributed by atoms with Crippen LogP contribution >= 0.6 is 0 Å². The summed E-state index contributed by atoms with van der Waals surface area (Å²) in [5, 5.41) is 2.85. The molecule has 0 aliphatic carbocycles. The zero-order valence-corrected chi connectivity index (χ0v) is 12.9. The minimum Gasteiger partial charge on any atom is -0.359 e. The van der Waals surface area contributed by atoms with Crippen LogP contribution in [0.15, 0.2) is 24.3 Å². The Bertz CT molecular complexity index is 657. The highest BCUT2D eigenvalue weighted by Crippen LogP contribution is 2.31. The number of benzene rings is 1. The molecular formula is C15H20N2O3S. The molecule has 0 aromatic heterocycles. The summed E-state index contributed by atoms with van der Waals surface area (Å²) in [6, 6.07) is 8.18. The van der Waals surface area contributed by atoms with Crippen LogP contribution < -0.4 is 10.2 Å². The standard InChI is InChI=1S/C15H20N2O3S/c1-11-8-12-4-2-3-5-14(12)17(11)9-15(18)16-13-6-7-21(19,20)10-13/h2-5,11,13H,6-10H2,1H3,(H,16,18). The van der Waals surface area contributed by atoms with Crippen LogP contribution in [0.2, 0.25) is 0 Å². The lowest BCUT2D eigenvalue weighted by Gasteiger charge is -2.25. The zero-order valence-electron chi connectivity index (χ0n) is 12.1. The summed E-state index contributed by atoms with van der Waals surface area (Å²) < 4.78 is 22.8. The van der Waals surface area contributed by atoms with Gasteiger partial charge in [-0.3, -0.25) is 4.79 Å². The van der Waals surface area contributed by atoms with E-state index in [0.717, 1.165) is 12.1 Å². The molecule has 5 nitrogen and oxygen atoms in total. The number of para-hydroxylation sites is 1. The lowest BCUT2D eigenvalue weighted by Crippen LogP contribution is -2.44. The first-order chi connectivity index (χ1) is 9.94. The van der Waals surface area contributed by atoms with Crippen LogP contribution in [0.4, 0.5) is 5.69 Å². The Kier molecular flexibility index (Phi) is 3.65. The van der Waals surface area contributed by atoms with E-state index in [9.17, 15) is 13.2 Å². The predicted molar refractivity (Wildman–Crippen MR) is 82.2 cm³/mol. The van der Waals surface area contributed by atoms with Crippen molar-refractivity contribution in [1.82, 2.24) is 5.32 Å². The largest absolute Gasteiger partial charge is 0.359 e. The molecule has 114 valence electrons. The van der Waals surface area contributed by atoms with Gasteiger partial charge in [0.1, 0.15) is 0 Å². The van der Waals surface area contributed by atoms with Crippen LogP contribution in [-0.2, 0) is 21.1 Å². The molecule has 1 aromatic rings. The van der Waals surface area contributed by atoms with Gasteiger partial charge >= 0.3 is 0 Å². The van der Waals surface area contributed by atoms with Gasteiger partial charge in [-0.15, -0.1) is 0 Å². The minimum atomic E-state index is -2.96. The number of nitrogens with zero attached hydrogens (tertiary/aromatic N) is 1. The van der Waals surface area contributed by atoms with Gasteiger partial charge in [-0.25, -0.2) is 8.42 Å². The molecule has 1 saturated heterocycles. The molecule has 2 atom stereocenters. The number of fused-ring (bicyclic) bond motifs is 1. The van der Waals surface area contributed by atoms with E-state index in [-0.39, 0.29) is 30.0 Å². The fourth-order valence-corrected chi connectivity index (χ4v) is 4.88. The van der Waals surface area contributed by atoms with Crippen LogP contribution in [0, 0.1) is 0 Å². The van der Waals surface area contributed by atoms with Crippen LogP contribution in [0.1, 0.15) is 18.9 Å². The van der Waals surface area contributed by atoms with E-state index in [2.05, 4.69) is 23.2 Å². The molecule has 6 heteroatoms. The summed E-state index contributed by atoms with van der Waals surface area (Å²) in [7, 11) is -2.96. The molecule has 0 spiro atoms. The number of hydrogen-bond acceptors (Lipinski definition) is 4. The Morgan fingerprint density at radius 1 is 1.38 bits per heavy atom. The second-order valence-electron chi connectivity index (χ2n) is 5.98. The normalized spacial score (nSPS) is 26.6. The molecule has 2 aliphatic rings. The first-order valence-corrected chi connectivity index (χ1v) is 9.11. The first-order valence-electron chi connectivity index (χ1n) is 7.29. The number of hydrogen-bond donors (Lipinski definition) is 1. The third kappa shape index (κ3) is 3.05. The number of carbonyl (C=O) groups excluding carboxylic acids is 1. The molecule has 21 heavy (non-hydrogen) atoms. The molecule has 1 fully saturated rings. The Hall–Kier alpha value is -1.56. The van der Waals surface area contributed by atoms with Crippen molar-refractivity contribution >= 4 is 21.4 Å². The highest BCUT2D eigenvalue weighted by molar-refractivity contribution is 7.91. The summed E-state index contributed by atoms with van der Waals surface area (Å²) in [4.78, 5) is 14.3. The first kappa shape index (κ1) is 14.4. The molecule has 1 N–H and O–H groups in total. The molecule has 2 aliphatic heterocycles. The van der Waals surface area contributed by atoms with Gasteiger partial charge in [-0.1, -0.05) is 18.2 Å². The van der Waals surface area contributed by atoms with Gasteiger partial charge in [0.2, 0.25) is 5.91 Å². The summed E-state index contributed by atoms with van der Waals surface area (Å²) in [6.07, 6.45) is 1.47. The van der Waals surface area contributed by atoms with Crippen molar-refractivity contribution in [2.24, 2.45) is 0 Å². The Labute approximate surface area is 125 Å². The fraction of sp³-hybridized carbons (Fsp3) is 0.533. The molecular weight excluding hydrogens is 288 g/mol. The van der Waals surface area contributed by atoms with Crippen LogP contribution in [-0.4, -0.2) is 44.5 Å². The van der Waals surface area contributed by atoms with Gasteiger partial charge in [0, 0.05) is 17.8 Å². The maximum Gasteiger partial charge on any atom is 0.239 e. The number of nitrogens with one attached hydrogen (secondary N) is 1. The molecule has 1 amide bonds. The van der Waals surface area contributed by atoms with Gasteiger partial charge in [-0.2, -0.15) is 0 Å². The van der Waals surface area contributed by atoms with Gasteiger partial charge in [0.05, 0.1) is 18.1 Å². The quantitative estimate of drug-likeness (QED) is 0.894. The summed E-state index contributed by atoms with van der Waals surface area (Å²) >= 11 is 0. The summed E-state index contributed by atoms with van der Waals surface area (Å²) in [5.41, 5.74) is 2.38. The van der Waals surface area contributed by atoms with Crippen molar-refractivity contribution in [3.63, 3.8) is 0 Å². The van der Waals surface area contributed by atoms with E-state index >= 15 is 0 Å². The monoisotopic (exact) mass is 308 g/mol. The van der Waals surface area contributed by atoms with E-state index in [1.54, 1.807) is 0 Å². The van der Waals surface area contributed by atoms with E-state index < -0.39 is 9.84 Å². The average Bonchev–Trinajstić information content (AvgIpc) is 2.90. The number of rotatable bonds is 3. The molecule has 0 bridgehead atoms. The smallest absolute Gasteiger partial charge is 0.239 e. The SMILES string of the molecule is CC1Cc2ccccc2N1CC(=O)NC1CCS(=O)(=O)C1. The maximum atomic E-state index is 12.2. The fourth-order valence-electron chi connectivity index (χ4n) is 3.21. The predicted octanol–water partition coefficient (Wildman–Crippen LogP) is 0.741. The van der Waals surface area contributed by atoms with Gasteiger partial charge < -0.3 is 10.2 Å². The van der Waals surface area contributed by atoms with Crippen molar-refractivity contribution in [2.75, 3.05) is 23.0 Å². The van der Waals surface area contributed by atoms with Crippen molar-refractivity contribution in [3.8, 4) is 0 Å². The second kappa shape index (κ2) is 5.33. The average molecular weight is 308 g/mol. The van der Waals surface area contributed by atoms with Crippen LogP contribution in [0.3, 0.4) is 0 Å². The van der Waals surface area contributed by atoms with E-state index in [1.165, 1.54) is 5.56 Å². The summed E-state index contributed by atoms with van der Waals surface area (Å²) in [5.74, 6) is 0.159. The topological polar surface area (TPSA) is 66.5 Å². The Morgan fingerprint density at radius 2 is 2.14 bits per heavy atom. The van der Waals surface area contributed by atoms with Crippen molar-refractivity contribution in [2.45, 2.75) is 31.8 Å². The maximum absolute atomic E-state index is 12.2. The minimum absolute atomic E-state index is 0.0743. The number of sulfone groups is 1. The van der Waals surface area contributed by atoms with Crippen molar-refractivity contribution in [3.05, 3.63) is 29.8 Å². The molecule has 2 heterocycles.